The average molecular weight is 369 g/mol. The van der Waals surface area contributed by atoms with Gasteiger partial charge in [0.25, 0.3) is 0 Å². The fraction of sp³-hybridized carbons (Fsp3) is 0.600. The van der Waals surface area contributed by atoms with E-state index in [-0.39, 0.29) is 17.9 Å². The zero-order valence-electron chi connectivity index (χ0n) is 16.5. The fourth-order valence-corrected chi connectivity index (χ4v) is 4.33. The van der Waals surface area contributed by atoms with E-state index in [0.717, 1.165) is 66.6 Å². The van der Waals surface area contributed by atoms with Gasteiger partial charge in [0.15, 0.2) is 0 Å². The molecule has 3 aliphatic rings. The molecular weight excluding hydrogens is 342 g/mol. The standard InChI is InChI=1S/C20H27N5O2/c1-5-15-8-21-14(4)22-19(15)24-9-16-6-7-17(10-24)25(20(16)26)11-18-12(2)23-27-13(18)3/h8,16-17H,5-7,9-11H2,1-4H3/t16-,17+/m1/s1. The van der Waals surface area contributed by atoms with Crippen molar-refractivity contribution in [3.8, 4) is 0 Å². The van der Waals surface area contributed by atoms with Crippen molar-refractivity contribution in [3.63, 3.8) is 0 Å². The van der Waals surface area contributed by atoms with Crippen LogP contribution in [0.5, 0.6) is 0 Å². The van der Waals surface area contributed by atoms with Gasteiger partial charge in [0.05, 0.1) is 18.2 Å². The Balaban J connectivity index is 1.64. The Bertz CT molecular complexity index is 843. The molecule has 0 spiro atoms. The second kappa shape index (κ2) is 6.94. The lowest BCUT2D eigenvalue weighted by Gasteiger charge is -2.36. The number of amides is 1. The monoisotopic (exact) mass is 369 g/mol. The molecule has 2 bridgehead atoms. The first-order valence-electron chi connectivity index (χ1n) is 9.77. The molecule has 3 fully saturated rings. The summed E-state index contributed by atoms with van der Waals surface area (Å²) in [4.78, 5) is 26.6. The first-order chi connectivity index (χ1) is 13.0. The molecule has 27 heavy (non-hydrogen) atoms. The Morgan fingerprint density at radius 1 is 1.22 bits per heavy atom. The molecular formula is C20H27N5O2. The third-order valence-electron chi connectivity index (χ3n) is 5.95. The molecule has 7 nitrogen and oxygen atoms in total. The van der Waals surface area contributed by atoms with Crippen LogP contribution >= 0.6 is 0 Å². The molecule has 3 aliphatic heterocycles. The van der Waals surface area contributed by atoms with Gasteiger partial charge in [-0.15, -0.1) is 0 Å². The SMILES string of the molecule is CCc1cnc(C)nc1N1C[C@H]2CC[C@@H](C1)N(Cc1c(C)noc1C)C2=O. The van der Waals surface area contributed by atoms with E-state index in [1.165, 1.54) is 0 Å². The van der Waals surface area contributed by atoms with Crippen LogP contribution in [0.25, 0.3) is 0 Å². The predicted octanol–water partition coefficient (Wildman–Crippen LogP) is 2.58. The number of rotatable bonds is 4. The van der Waals surface area contributed by atoms with Crippen LogP contribution < -0.4 is 4.90 Å². The number of hydrogen-bond acceptors (Lipinski definition) is 6. The molecule has 1 amide bonds. The lowest BCUT2D eigenvalue weighted by Crippen LogP contribution is -2.47. The van der Waals surface area contributed by atoms with Crippen LogP contribution in [0.15, 0.2) is 10.7 Å². The second-order valence-electron chi connectivity index (χ2n) is 7.72. The Labute approximate surface area is 159 Å². The zero-order chi connectivity index (χ0) is 19.1. The molecule has 7 heteroatoms. The molecule has 0 unspecified atom stereocenters. The van der Waals surface area contributed by atoms with Crippen molar-refractivity contribution < 1.29 is 9.32 Å². The third-order valence-corrected chi connectivity index (χ3v) is 5.95. The highest BCUT2D eigenvalue weighted by molar-refractivity contribution is 5.81. The van der Waals surface area contributed by atoms with Crippen LogP contribution in [0.4, 0.5) is 5.82 Å². The van der Waals surface area contributed by atoms with Crippen molar-refractivity contribution in [2.75, 3.05) is 18.0 Å². The Morgan fingerprint density at radius 2 is 2.04 bits per heavy atom. The van der Waals surface area contributed by atoms with Crippen molar-refractivity contribution in [1.29, 1.82) is 0 Å². The number of piperidine rings is 1. The summed E-state index contributed by atoms with van der Waals surface area (Å²) in [5.74, 6) is 2.84. The zero-order valence-corrected chi connectivity index (χ0v) is 16.5. The number of anilines is 1. The first-order valence-corrected chi connectivity index (χ1v) is 9.77. The maximum Gasteiger partial charge on any atom is 0.228 e. The first kappa shape index (κ1) is 17.9. The minimum Gasteiger partial charge on any atom is -0.361 e. The molecule has 0 N–H and O–H groups in total. The Kier molecular flexibility index (Phi) is 4.61. The highest BCUT2D eigenvalue weighted by Crippen LogP contribution is 2.34. The quantitative estimate of drug-likeness (QED) is 0.825. The van der Waals surface area contributed by atoms with Crippen LogP contribution in [-0.4, -0.2) is 45.1 Å². The van der Waals surface area contributed by atoms with Crippen molar-refractivity contribution in [2.24, 2.45) is 5.92 Å². The predicted molar refractivity (Wildman–Crippen MR) is 101 cm³/mol. The summed E-state index contributed by atoms with van der Waals surface area (Å²) in [7, 11) is 0. The molecule has 5 rings (SSSR count). The number of aromatic nitrogens is 3. The van der Waals surface area contributed by atoms with Crippen LogP contribution in [0, 0.1) is 26.7 Å². The number of carbonyl (C=O) groups is 1. The van der Waals surface area contributed by atoms with Gasteiger partial charge in [-0.05, 0) is 40.0 Å². The smallest absolute Gasteiger partial charge is 0.228 e. The van der Waals surface area contributed by atoms with Crippen molar-refractivity contribution in [1.82, 2.24) is 20.0 Å². The Hall–Kier alpha value is -2.44. The lowest BCUT2D eigenvalue weighted by atomic mass is 9.93. The highest BCUT2D eigenvalue weighted by atomic mass is 16.5. The number of nitrogens with zero attached hydrogens (tertiary/aromatic N) is 5. The maximum absolute atomic E-state index is 13.2. The van der Waals surface area contributed by atoms with Crippen LogP contribution in [0.3, 0.4) is 0 Å². The molecule has 3 saturated heterocycles. The topological polar surface area (TPSA) is 75.4 Å². The highest BCUT2D eigenvalue weighted by Gasteiger charge is 2.41. The van der Waals surface area contributed by atoms with Gasteiger partial charge in [0.2, 0.25) is 5.91 Å². The summed E-state index contributed by atoms with van der Waals surface area (Å²) in [6.45, 7) is 10.0. The van der Waals surface area contributed by atoms with Gasteiger partial charge < -0.3 is 14.3 Å². The molecule has 0 aromatic carbocycles. The summed E-state index contributed by atoms with van der Waals surface area (Å²) in [6, 6.07) is 0.185. The fourth-order valence-electron chi connectivity index (χ4n) is 4.33. The number of aryl methyl sites for hydroxylation is 4. The van der Waals surface area contributed by atoms with Crippen molar-refractivity contribution in [3.05, 3.63) is 34.6 Å². The van der Waals surface area contributed by atoms with Gasteiger partial charge >= 0.3 is 0 Å². The molecule has 2 aromatic rings. The number of hydrogen-bond donors (Lipinski definition) is 0. The van der Waals surface area contributed by atoms with Crippen LogP contribution in [0.2, 0.25) is 0 Å². The number of carbonyl (C=O) groups excluding carboxylic acids is 1. The summed E-state index contributed by atoms with van der Waals surface area (Å²) in [5.41, 5.74) is 3.05. The van der Waals surface area contributed by atoms with Gasteiger partial charge in [-0.25, -0.2) is 9.97 Å². The lowest BCUT2D eigenvalue weighted by molar-refractivity contribution is -0.140. The van der Waals surface area contributed by atoms with E-state index in [9.17, 15) is 4.79 Å². The minimum atomic E-state index is 0.0178. The van der Waals surface area contributed by atoms with Crippen LogP contribution in [0.1, 0.15) is 48.2 Å². The van der Waals surface area contributed by atoms with Crippen molar-refractivity contribution in [2.45, 2.75) is 59.5 Å². The summed E-state index contributed by atoms with van der Waals surface area (Å²) in [6.07, 6.45) is 4.79. The van der Waals surface area contributed by atoms with E-state index in [4.69, 9.17) is 9.51 Å². The molecule has 0 aliphatic carbocycles. The molecule has 5 heterocycles. The molecule has 144 valence electrons. The summed E-state index contributed by atoms with van der Waals surface area (Å²) < 4.78 is 5.30. The van der Waals surface area contributed by atoms with Gasteiger partial charge in [-0.1, -0.05) is 12.1 Å². The van der Waals surface area contributed by atoms with Gasteiger partial charge in [-0.2, -0.15) is 0 Å². The van der Waals surface area contributed by atoms with E-state index >= 15 is 0 Å². The minimum absolute atomic E-state index is 0.0178. The van der Waals surface area contributed by atoms with Gasteiger partial charge in [-0.3, -0.25) is 4.79 Å². The molecule has 2 atom stereocenters. The third kappa shape index (κ3) is 3.19. The largest absolute Gasteiger partial charge is 0.361 e. The van der Waals surface area contributed by atoms with E-state index in [2.05, 4.69) is 22.0 Å². The van der Waals surface area contributed by atoms with Gasteiger partial charge in [0, 0.05) is 36.5 Å². The maximum atomic E-state index is 13.2. The second-order valence-corrected chi connectivity index (χ2v) is 7.72. The van der Waals surface area contributed by atoms with E-state index in [1.807, 2.05) is 31.9 Å². The van der Waals surface area contributed by atoms with Crippen LogP contribution in [-0.2, 0) is 17.8 Å². The van der Waals surface area contributed by atoms with Gasteiger partial charge in [0.1, 0.15) is 17.4 Å². The number of fused-ring (bicyclic) bond motifs is 4. The molecule has 0 saturated carbocycles. The van der Waals surface area contributed by atoms with E-state index in [0.29, 0.717) is 6.54 Å². The normalized spacial score (nSPS) is 22.4. The molecule has 0 radical (unpaired) electrons. The van der Waals surface area contributed by atoms with E-state index in [1.54, 1.807) is 0 Å². The summed E-state index contributed by atoms with van der Waals surface area (Å²) in [5, 5.41) is 4.05. The summed E-state index contributed by atoms with van der Waals surface area (Å²) >= 11 is 0. The average Bonchev–Trinajstić information content (AvgIpc) is 2.83. The Morgan fingerprint density at radius 3 is 2.74 bits per heavy atom. The van der Waals surface area contributed by atoms with E-state index < -0.39 is 0 Å². The van der Waals surface area contributed by atoms with Crippen molar-refractivity contribution >= 4 is 11.7 Å². The molecule has 2 aromatic heterocycles.